The molecule has 6 nitrogen and oxygen atoms in total. The predicted octanol–water partition coefficient (Wildman–Crippen LogP) is 3.57. The number of carbonyl (C=O) groups excluding carboxylic acids is 2. The van der Waals surface area contributed by atoms with E-state index in [1.807, 2.05) is 39.0 Å². The molecule has 0 heterocycles. The lowest BCUT2D eigenvalue weighted by molar-refractivity contribution is -0.138. The van der Waals surface area contributed by atoms with Crippen molar-refractivity contribution in [1.29, 1.82) is 0 Å². The Balaban J connectivity index is 0. The summed E-state index contributed by atoms with van der Waals surface area (Å²) < 4.78 is 9.03. The third-order valence-corrected chi connectivity index (χ3v) is 2.75. The number of aliphatic hydroxyl groups is 1. The van der Waals surface area contributed by atoms with Gasteiger partial charge in [0.1, 0.15) is 0 Å². The highest BCUT2D eigenvalue weighted by Crippen LogP contribution is 2.17. The molecule has 6 heteroatoms. The molecule has 1 rings (SSSR count). The first kappa shape index (κ1) is 24.9. The van der Waals surface area contributed by atoms with Crippen molar-refractivity contribution < 1.29 is 24.2 Å². The molecule has 142 valence electrons. The molecule has 0 aliphatic carbocycles. The lowest BCUT2D eigenvalue weighted by Crippen LogP contribution is -2.07. The number of ether oxygens (including phenoxy) is 2. The third kappa shape index (κ3) is 11.8. The van der Waals surface area contributed by atoms with Crippen molar-refractivity contribution in [3.63, 3.8) is 0 Å². The van der Waals surface area contributed by atoms with Gasteiger partial charge in [-0.25, -0.2) is 4.79 Å². The molecule has 0 bridgehead atoms. The molecule has 0 spiro atoms. The van der Waals surface area contributed by atoms with E-state index in [0.29, 0.717) is 25.3 Å². The van der Waals surface area contributed by atoms with Crippen LogP contribution < -0.4 is 5.32 Å². The van der Waals surface area contributed by atoms with E-state index in [1.165, 1.54) is 0 Å². The highest BCUT2D eigenvalue weighted by atomic mass is 16.5. The highest BCUT2D eigenvalue weighted by Gasteiger charge is 2.04. The molecule has 25 heavy (non-hydrogen) atoms. The smallest absolute Gasteiger partial charge is 0.335 e. The molecule has 0 unspecified atom stereocenters. The summed E-state index contributed by atoms with van der Waals surface area (Å²) in [6.07, 6.45) is 1.62. The fourth-order valence-electron chi connectivity index (χ4n) is 1.54. The Morgan fingerprint density at radius 1 is 1.24 bits per heavy atom. The van der Waals surface area contributed by atoms with E-state index in [4.69, 9.17) is 9.84 Å². The molecule has 1 aromatic rings. The van der Waals surface area contributed by atoms with Gasteiger partial charge in [0, 0.05) is 11.9 Å². The Hall–Kier alpha value is -2.34. The fraction of sp³-hybridized carbons (Fsp3) is 0.474. The number of aryl methyl sites for hydroxylation is 1. The summed E-state index contributed by atoms with van der Waals surface area (Å²) in [7, 11) is 0. The maximum Gasteiger partial charge on any atom is 0.335 e. The summed E-state index contributed by atoms with van der Waals surface area (Å²) in [5.41, 5.74) is 3.29. The molecule has 0 aromatic heterocycles. The zero-order valence-corrected chi connectivity index (χ0v) is 16.1. The van der Waals surface area contributed by atoms with Gasteiger partial charge in [-0.05, 0) is 44.9 Å². The van der Waals surface area contributed by atoms with Gasteiger partial charge in [-0.3, -0.25) is 4.79 Å². The van der Waals surface area contributed by atoms with Crippen LogP contribution in [0.4, 0.5) is 5.69 Å². The van der Waals surface area contributed by atoms with Crippen LogP contribution in [0.1, 0.15) is 45.7 Å². The molecule has 0 aliphatic heterocycles. The first-order chi connectivity index (χ1) is 12.0. The Morgan fingerprint density at radius 2 is 1.88 bits per heavy atom. The number of aliphatic hydroxyl groups excluding tert-OH is 1. The minimum atomic E-state index is -0.324. The van der Waals surface area contributed by atoms with Crippen LogP contribution in [0.3, 0.4) is 0 Å². The molecule has 0 amide bonds. The standard InChI is InChI=1S/C14H19NO3.C3H6O2.C2H6/c1-4-18-14(17)11(3)8-15-13-6-5-12(9-16)7-10(13)2;1-2-5-3-4;1-2/h5-8,15-16H,4,9H2,1-3H3;3H,2H2,1H3;1-2H3/b11-8-;;. The Labute approximate surface area is 150 Å². The average molecular weight is 353 g/mol. The number of esters is 1. The SMILES string of the molecule is CC.CCOC(=O)/C(C)=C\Nc1ccc(CO)cc1C.CCOC=O. The average Bonchev–Trinajstić information content (AvgIpc) is 2.63. The van der Waals surface area contributed by atoms with Crippen LogP contribution in [0.15, 0.2) is 30.0 Å². The first-order valence-corrected chi connectivity index (χ1v) is 8.36. The van der Waals surface area contributed by atoms with E-state index < -0.39 is 0 Å². The molecule has 0 atom stereocenters. The zero-order chi connectivity index (χ0) is 19.7. The van der Waals surface area contributed by atoms with Crippen LogP contribution in [-0.4, -0.2) is 30.8 Å². The van der Waals surface area contributed by atoms with Crippen molar-refractivity contribution in [1.82, 2.24) is 0 Å². The number of rotatable bonds is 7. The summed E-state index contributed by atoms with van der Waals surface area (Å²) >= 11 is 0. The van der Waals surface area contributed by atoms with Gasteiger partial charge in [0.2, 0.25) is 0 Å². The number of hydrogen-bond acceptors (Lipinski definition) is 6. The van der Waals surface area contributed by atoms with Crippen LogP contribution in [0.25, 0.3) is 0 Å². The van der Waals surface area contributed by atoms with Crippen molar-refractivity contribution in [3.8, 4) is 0 Å². The van der Waals surface area contributed by atoms with Crippen LogP contribution in [0.2, 0.25) is 0 Å². The minimum absolute atomic E-state index is 0.0266. The second-order valence-electron chi connectivity index (χ2n) is 4.55. The van der Waals surface area contributed by atoms with E-state index in [2.05, 4.69) is 10.1 Å². The number of nitrogens with one attached hydrogen (secondary N) is 1. The maximum atomic E-state index is 11.4. The van der Waals surface area contributed by atoms with Gasteiger partial charge in [0.25, 0.3) is 6.47 Å². The van der Waals surface area contributed by atoms with E-state index in [9.17, 15) is 9.59 Å². The van der Waals surface area contributed by atoms with Gasteiger partial charge in [-0.1, -0.05) is 26.0 Å². The second kappa shape index (κ2) is 16.5. The van der Waals surface area contributed by atoms with Crippen molar-refractivity contribution in [2.45, 2.75) is 48.1 Å². The second-order valence-corrected chi connectivity index (χ2v) is 4.55. The van der Waals surface area contributed by atoms with E-state index in [-0.39, 0.29) is 12.6 Å². The molecule has 1 aromatic carbocycles. The van der Waals surface area contributed by atoms with Crippen molar-refractivity contribution in [2.75, 3.05) is 18.5 Å². The largest absolute Gasteiger partial charge is 0.468 e. The highest BCUT2D eigenvalue weighted by molar-refractivity contribution is 5.88. The normalized spacial score (nSPS) is 9.64. The lowest BCUT2D eigenvalue weighted by Gasteiger charge is -2.08. The number of hydrogen-bond donors (Lipinski definition) is 2. The van der Waals surface area contributed by atoms with Crippen LogP contribution in [-0.2, 0) is 25.7 Å². The summed E-state index contributed by atoms with van der Waals surface area (Å²) in [5, 5.41) is 12.1. The van der Waals surface area contributed by atoms with Crippen molar-refractivity contribution >= 4 is 18.1 Å². The molecule has 0 aliphatic rings. The van der Waals surface area contributed by atoms with E-state index in [0.717, 1.165) is 16.8 Å². The predicted molar refractivity (Wildman–Crippen MR) is 100 cm³/mol. The van der Waals surface area contributed by atoms with E-state index in [1.54, 1.807) is 27.0 Å². The zero-order valence-electron chi connectivity index (χ0n) is 16.1. The van der Waals surface area contributed by atoms with Gasteiger partial charge in [0.05, 0.1) is 25.4 Å². The van der Waals surface area contributed by atoms with Crippen molar-refractivity contribution in [2.24, 2.45) is 0 Å². The van der Waals surface area contributed by atoms with Gasteiger partial charge in [-0.2, -0.15) is 0 Å². The van der Waals surface area contributed by atoms with Gasteiger partial charge in [0.15, 0.2) is 0 Å². The van der Waals surface area contributed by atoms with Crippen LogP contribution >= 0.6 is 0 Å². The molecule has 0 fully saturated rings. The molecular formula is C19H31NO5. The Kier molecular flexibility index (Phi) is 16.5. The van der Waals surface area contributed by atoms with Crippen molar-refractivity contribution in [3.05, 3.63) is 41.1 Å². The monoisotopic (exact) mass is 353 g/mol. The quantitative estimate of drug-likeness (QED) is 0.443. The molecule has 0 saturated heterocycles. The topological polar surface area (TPSA) is 84.9 Å². The number of carbonyl (C=O) groups is 2. The van der Waals surface area contributed by atoms with Gasteiger partial charge in [-0.15, -0.1) is 0 Å². The summed E-state index contributed by atoms with van der Waals surface area (Å²) in [5.74, 6) is -0.324. The summed E-state index contributed by atoms with van der Waals surface area (Å²) in [6, 6.07) is 5.61. The van der Waals surface area contributed by atoms with Gasteiger partial charge >= 0.3 is 5.97 Å². The van der Waals surface area contributed by atoms with Gasteiger partial charge < -0.3 is 19.9 Å². The molecular weight excluding hydrogens is 322 g/mol. The Bertz CT molecular complexity index is 527. The third-order valence-electron chi connectivity index (χ3n) is 2.75. The Morgan fingerprint density at radius 3 is 2.28 bits per heavy atom. The fourth-order valence-corrected chi connectivity index (χ4v) is 1.54. The molecule has 0 saturated carbocycles. The summed E-state index contributed by atoms with van der Waals surface area (Å²) in [4.78, 5) is 20.6. The maximum absolute atomic E-state index is 11.4. The number of anilines is 1. The van der Waals surface area contributed by atoms with Crippen LogP contribution in [0, 0.1) is 6.92 Å². The minimum Gasteiger partial charge on any atom is -0.468 e. The first-order valence-electron chi connectivity index (χ1n) is 8.36. The van der Waals surface area contributed by atoms with Crippen LogP contribution in [0.5, 0.6) is 0 Å². The summed E-state index contributed by atoms with van der Waals surface area (Å²) in [6.45, 7) is 12.5. The number of benzene rings is 1. The lowest BCUT2D eigenvalue weighted by atomic mass is 10.1. The molecule has 2 N–H and O–H groups in total. The van der Waals surface area contributed by atoms with E-state index >= 15 is 0 Å². The molecule has 0 radical (unpaired) electrons.